The van der Waals surface area contributed by atoms with Gasteiger partial charge in [-0.2, -0.15) is 0 Å². The van der Waals surface area contributed by atoms with Gasteiger partial charge in [-0.1, -0.05) is 42.5 Å². The number of fused-ring (bicyclic) bond motifs is 1. The fraction of sp³-hybridized carbons (Fsp3) is 0.0500. The van der Waals surface area contributed by atoms with Crippen LogP contribution in [-0.2, 0) is 0 Å². The third kappa shape index (κ3) is 2.88. The summed E-state index contributed by atoms with van der Waals surface area (Å²) in [4.78, 5) is 21.5. The highest BCUT2D eigenvalue weighted by molar-refractivity contribution is 7.21. The van der Waals surface area contributed by atoms with Gasteiger partial charge in [0.15, 0.2) is 5.82 Å². The number of aromatic carboxylic acids is 1. The van der Waals surface area contributed by atoms with Crippen molar-refractivity contribution in [3.05, 3.63) is 59.5 Å². The van der Waals surface area contributed by atoms with Crippen LogP contribution in [0, 0.1) is 0 Å². The van der Waals surface area contributed by atoms with Crippen molar-refractivity contribution in [3.63, 3.8) is 0 Å². The fourth-order valence-corrected chi connectivity index (χ4v) is 3.87. The lowest BCUT2D eigenvalue weighted by Crippen LogP contribution is -1.99. The molecule has 27 heavy (non-hydrogen) atoms. The molecule has 0 saturated carbocycles. The lowest BCUT2D eigenvalue weighted by Gasteiger charge is -2.11. The molecule has 0 unspecified atom stereocenters. The molecule has 134 valence electrons. The van der Waals surface area contributed by atoms with Crippen LogP contribution in [-0.4, -0.2) is 28.2 Å². The molecule has 0 bridgehead atoms. The van der Waals surface area contributed by atoms with Gasteiger partial charge in [0, 0.05) is 11.1 Å². The number of rotatable bonds is 4. The van der Waals surface area contributed by atoms with Crippen molar-refractivity contribution >= 4 is 33.2 Å². The van der Waals surface area contributed by atoms with Gasteiger partial charge in [-0.25, -0.2) is 14.8 Å². The Morgan fingerprint density at radius 1 is 1.07 bits per heavy atom. The zero-order chi connectivity index (χ0) is 19.0. The Labute approximate surface area is 158 Å². The molecule has 4 rings (SSSR count). The van der Waals surface area contributed by atoms with Crippen LogP contribution in [0.3, 0.4) is 0 Å². The number of anilines is 1. The minimum Gasteiger partial charge on any atom is -0.496 e. The maximum Gasteiger partial charge on any atom is 0.348 e. The zero-order valence-corrected chi connectivity index (χ0v) is 15.2. The normalized spacial score (nSPS) is 10.9. The smallest absolute Gasteiger partial charge is 0.348 e. The Hall–Kier alpha value is -3.45. The fourth-order valence-electron chi connectivity index (χ4n) is 2.93. The molecule has 7 heteroatoms. The van der Waals surface area contributed by atoms with Crippen molar-refractivity contribution in [2.45, 2.75) is 0 Å². The number of nitrogens with two attached hydrogens (primary N) is 1. The van der Waals surface area contributed by atoms with Gasteiger partial charge in [0.25, 0.3) is 0 Å². The number of methoxy groups -OCH3 is 1. The van der Waals surface area contributed by atoms with Crippen LogP contribution in [0.25, 0.3) is 32.9 Å². The predicted octanol–water partition coefficient (Wildman–Crippen LogP) is 4.31. The van der Waals surface area contributed by atoms with Gasteiger partial charge in [-0.15, -0.1) is 11.3 Å². The first-order valence-corrected chi connectivity index (χ1v) is 8.94. The third-order valence-corrected chi connectivity index (χ3v) is 5.26. The van der Waals surface area contributed by atoms with Gasteiger partial charge >= 0.3 is 5.97 Å². The second kappa shape index (κ2) is 6.69. The van der Waals surface area contributed by atoms with Crippen molar-refractivity contribution in [3.8, 4) is 28.4 Å². The summed E-state index contributed by atoms with van der Waals surface area (Å²) in [6.07, 6.45) is 0. The summed E-state index contributed by atoms with van der Waals surface area (Å²) < 4.78 is 5.47. The van der Waals surface area contributed by atoms with Gasteiger partial charge in [-0.05, 0) is 12.1 Å². The number of carboxylic acids is 1. The van der Waals surface area contributed by atoms with Gasteiger partial charge in [-0.3, -0.25) is 0 Å². The first-order valence-electron chi connectivity index (χ1n) is 8.12. The predicted molar refractivity (Wildman–Crippen MR) is 106 cm³/mol. The number of carbonyl (C=O) groups is 1. The highest BCUT2D eigenvalue weighted by atomic mass is 32.1. The molecular formula is C20H15N3O3S. The molecule has 4 aromatic rings. The van der Waals surface area contributed by atoms with E-state index in [4.69, 9.17) is 15.5 Å². The van der Waals surface area contributed by atoms with Crippen LogP contribution < -0.4 is 10.5 Å². The van der Waals surface area contributed by atoms with E-state index in [0.29, 0.717) is 27.5 Å². The van der Waals surface area contributed by atoms with E-state index in [2.05, 4.69) is 4.98 Å². The quantitative estimate of drug-likeness (QED) is 0.550. The van der Waals surface area contributed by atoms with Crippen LogP contribution >= 0.6 is 11.3 Å². The van der Waals surface area contributed by atoms with Crippen LogP contribution in [0.4, 0.5) is 5.69 Å². The molecule has 2 heterocycles. The van der Waals surface area contributed by atoms with Gasteiger partial charge in [0.1, 0.15) is 15.5 Å². The molecule has 0 saturated heterocycles. The third-order valence-electron chi connectivity index (χ3n) is 4.18. The molecular weight excluding hydrogens is 362 g/mol. The highest BCUT2D eigenvalue weighted by Gasteiger charge is 2.23. The standard InChI is InChI=1S/C20H15N3O3S/c1-26-13-10-6-5-9-12(13)16-14-15(21)17(20(24)25)27-19(14)23-18(22-16)11-7-3-2-4-8-11/h2-10H,21H2,1H3,(H,24,25). The summed E-state index contributed by atoms with van der Waals surface area (Å²) in [7, 11) is 1.58. The van der Waals surface area contributed by atoms with Crippen molar-refractivity contribution < 1.29 is 14.6 Å². The summed E-state index contributed by atoms with van der Waals surface area (Å²) >= 11 is 1.05. The number of nitrogens with zero attached hydrogens (tertiary/aromatic N) is 2. The first kappa shape index (κ1) is 17.0. The van der Waals surface area contributed by atoms with Crippen LogP contribution in [0.2, 0.25) is 0 Å². The lowest BCUT2D eigenvalue weighted by atomic mass is 10.1. The summed E-state index contributed by atoms with van der Waals surface area (Å²) in [5.74, 6) is 0.0453. The van der Waals surface area contributed by atoms with Crippen molar-refractivity contribution in [2.75, 3.05) is 12.8 Å². The number of hydrogen-bond donors (Lipinski definition) is 2. The van der Waals surface area contributed by atoms with E-state index >= 15 is 0 Å². The molecule has 0 aliphatic carbocycles. The van der Waals surface area contributed by atoms with E-state index in [9.17, 15) is 9.90 Å². The monoisotopic (exact) mass is 377 g/mol. The van der Waals surface area contributed by atoms with E-state index < -0.39 is 5.97 Å². The van der Waals surface area contributed by atoms with Gasteiger partial charge < -0.3 is 15.6 Å². The van der Waals surface area contributed by atoms with Crippen LogP contribution in [0.1, 0.15) is 9.67 Å². The summed E-state index contributed by atoms with van der Waals surface area (Å²) in [6.45, 7) is 0. The molecule has 0 aliphatic heterocycles. The Morgan fingerprint density at radius 2 is 1.78 bits per heavy atom. The molecule has 0 amide bonds. The van der Waals surface area contributed by atoms with E-state index in [1.165, 1.54) is 0 Å². The topological polar surface area (TPSA) is 98.3 Å². The highest BCUT2D eigenvalue weighted by Crippen LogP contribution is 2.41. The number of aromatic nitrogens is 2. The lowest BCUT2D eigenvalue weighted by molar-refractivity contribution is 0.0703. The number of benzene rings is 2. The second-order valence-corrected chi connectivity index (χ2v) is 6.79. The largest absolute Gasteiger partial charge is 0.496 e. The molecule has 2 aromatic heterocycles. The SMILES string of the molecule is COc1ccccc1-c1nc(-c2ccccc2)nc2sc(C(=O)O)c(N)c12. The zero-order valence-electron chi connectivity index (χ0n) is 14.3. The Morgan fingerprint density at radius 3 is 2.48 bits per heavy atom. The Bertz CT molecular complexity index is 1160. The maximum absolute atomic E-state index is 11.6. The second-order valence-electron chi connectivity index (χ2n) is 5.79. The molecule has 0 spiro atoms. The number of carboxylic acid groups (broad SMARTS) is 1. The summed E-state index contributed by atoms with van der Waals surface area (Å²) in [5, 5.41) is 10.0. The average Bonchev–Trinajstić information content (AvgIpc) is 3.05. The summed E-state index contributed by atoms with van der Waals surface area (Å²) in [5.41, 5.74) is 8.45. The average molecular weight is 377 g/mol. The first-order chi connectivity index (χ1) is 13.1. The molecule has 2 aromatic carbocycles. The van der Waals surface area contributed by atoms with E-state index in [-0.39, 0.29) is 10.6 Å². The van der Waals surface area contributed by atoms with E-state index in [0.717, 1.165) is 22.5 Å². The molecule has 0 radical (unpaired) electrons. The Kier molecular flexibility index (Phi) is 4.21. The number of ether oxygens (including phenoxy) is 1. The van der Waals surface area contributed by atoms with E-state index in [1.807, 2.05) is 54.6 Å². The minimum atomic E-state index is -1.08. The van der Waals surface area contributed by atoms with Gasteiger partial charge in [0.2, 0.25) is 0 Å². The minimum absolute atomic E-state index is 0.0562. The number of thiophene rings is 1. The maximum atomic E-state index is 11.6. The number of para-hydroxylation sites is 1. The van der Waals surface area contributed by atoms with Crippen molar-refractivity contribution in [1.82, 2.24) is 9.97 Å². The molecule has 0 fully saturated rings. The molecule has 3 N–H and O–H groups in total. The van der Waals surface area contributed by atoms with Crippen molar-refractivity contribution in [2.24, 2.45) is 0 Å². The van der Waals surface area contributed by atoms with Crippen LogP contribution in [0.5, 0.6) is 5.75 Å². The molecule has 6 nitrogen and oxygen atoms in total. The summed E-state index contributed by atoms with van der Waals surface area (Å²) in [6, 6.07) is 16.9. The number of hydrogen-bond acceptors (Lipinski definition) is 6. The van der Waals surface area contributed by atoms with E-state index in [1.54, 1.807) is 7.11 Å². The van der Waals surface area contributed by atoms with Gasteiger partial charge in [0.05, 0.1) is 23.9 Å². The van der Waals surface area contributed by atoms with Crippen molar-refractivity contribution in [1.29, 1.82) is 0 Å². The molecule has 0 aliphatic rings. The molecule has 0 atom stereocenters. The van der Waals surface area contributed by atoms with Crippen LogP contribution in [0.15, 0.2) is 54.6 Å². The number of nitrogen functional groups attached to an aromatic ring is 1. The Balaban J connectivity index is 2.09.